The monoisotopic (exact) mass is 421 g/mol. The third kappa shape index (κ3) is 4.78. The van der Waals surface area contributed by atoms with E-state index in [2.05, 4.69) is 38.2 Å². The van der Waals surface area contributed by atoms with Gasteiger partial charge in [-0.3, -0.25) is 4.79 Å². The molecule has 1 saturated heterocycles. The molecule has 4 rings (SSSR count). The zero-order valence-corrected chi connectivity index (χ0v) is 17.9. The van der Waals surface area contributed by atoms with Gasteiger partial charge in [-0.1, -0.05) is 23.7 Å². The molecule has 2 aromatic carbocycles. The molecule has 2 heterocycles. The number of piperazine rings is 1. The summed E-state index contributed by atoms with van der Waals surface area (Å²) >= 11 is 6.42. The predicted molar refractivity (Wildman–Crippen MR) is 121 cm³/mol. The van der Waals surface area contributed by atoms with Gasteiger partial charge < -0.3 is 15.1 Å². The highest BCUT2D eigenvalue weighted by Crippen LogP contribution is 2.30. The lowest BCUT2D eigenvalue weighted by Gasteiger charge is -2.34. The Hall–Kier alpha value is -2.96. The van der Waals surface area contributed by atoms with Gasteiger partial charge in [-0.05, 0) is 55.4 Å². The second-order valence-corrected chi connectivity index (χ2v) is 7.98. The number of hydrogen-bond donors (Lipinski definition) is 1. The van der Waals surface area contributed by atoms with E-state index in [1.165, 1.54) is 12.4 Å². The highest BCUT2D eigenvalue weighted by atomic mass is 35.5. The number of anilines is 2. The first-order valence-electron chi connectivity index (χ1n) is 9.92. The van der Waals surface area contributed by atoms with Crippen molar-refractivity contribution in [1.29, 1.82) is 0 Å². The molecule has 7 heteroatoms. The molecular formula is C23H24ClN5O. The highest BCUT2D eigenvalue weighted by molar-refractivity contribution is 6.31. The molecule has 1 aromatic heterocycles. The number of likely N-dealkylation sites (N-methyl/N-ethyl adjacent to an activating group) is 1. The minimum atomic E-state index is -0.233. The second-order valence-electron chi connectivity index (χ2n) is 7.54. The smallest absolute Gasteiger partial charge is 0.258 e. The summed E-state index contributed by atoms with van der Waals surface area (Å²) in [5.74, 6) is 0.399. The van der Waals surface area contributed by atoms with Crippen molar-refractivity contribution in [2.24, 2.45) is 0 Å². The van der Waals surface area contributed by atoms with Gasteiger partial charge in [0.1, 0.15) is 5.82 Å². The first-order valence-corrected chi connectivity index (χ1v) is 10.3. The van der Waals surface area contributed by atoms with Gasteiger partial charge in [0.25, 0.3) is 5.91 Å². The highest BCUT2D eigenvalue weighted by Gasteiger charge is 2.15. The minimum absolute atomic E-state index is 0.233. The van der Waals surface area contributed by atoms with Crippen LogP contribution in [0.4, 0.5) is 11.4 Å². The molecule has 0 spiro atoms. The van der Waals surface area contributed by atoms with Crippen molar-refractivity contribution in [2.75, 3.05) is 43.4 Å². The van der Waals surface area contributed by atoms with E-state index in [9.17, 15) is 4.79 Å². The van der Waals surface area contributed by atoms with E-state index in [0.717, 1.165) is 48.0 Å². The molecule has 1 aliphatic rings. The molecule has 1 amide bonds. The molecule has 1 aliphatic heterocycles. The lowest BCUT2D eigenvalue weighted by molar-refractivity contribution is 0.102. The maximum Gasteiger partial charge on any atom is 0.258 e. The number of aromatic nitrogens is 2. The SMILES string of the molecule is Cc1ncc(C(=O)Nc2ccc(-c3cc(Cl)cc(N4CCN(C)CC4)c3)cc2)cn1. The molecule has 1 N–H and O–H groups in total. The van der Waals surface area contributed by atoms with E-state index >= 15 is 0 Å². The third-order valence-electron chi connectivity index (χ3n) is 5.27. The molecule has 0 atom stereocenters. The van der Waals surface area contributed by atoms with Crippen LogP contribution in [0.2, 0.25) is 5.02 Å². The van der Waals surface area contributed by atoms with Crippen LogP contribution in [0.15, 0.2) is 54.9 Å². The van der Waals surface area contributed by atoms with Gasteiger partial charge in [0.05, 0.1) is 5.56 Å². The maximum absolute atomic E-state index is 12.4. The van der Waals surface area contributed by atoms with Crippen molar-refractivity contribution >= 4 is 28.9 Å². The van der Waals surface area contributed by atoms with Crippen LogP contribution in [0.5, 0.6) is 0 Å². The molecular weight excluding hydrogens is 398 g/mol. The van der Waals surface area contributed by atoms with Crippen LogP contribution in [-0.2, 0) is 0 Å². The average Bonchev–Trinajstić information content (AvgIpc) is 2.75. The number of carbonyl (C=O) groups excluding carboxylic acids is 1. The van der Waals surface area contributed by atoms with Crippen molar-refractivity contribution in [3.63, 3.8) is 0 Å². The standard InChI is InChI=1S/C23H24ClN5O/c1-16-25-14-19(15-26-16)23(30)27-21-5-3-17(4-6-21)18-11-20(24)13-22(12-18)29-9-7-28(2)8-10-29/h3-6,11-15H,7-10H2,1-2H3,(H,27,30). The van der Waals surface area contributed by atoms with Crippen molar-refractivity contribution in [1.82, 2.24) is 14.9 Å². The molecule has 0 saturated carbocycles. The van der Waals surface area contributed by atoms with E-state index in [-0.39, 0.29) is 5.91 Å². The lowest BCUT2D eigenvalue weighted by Crippen LogP contribution is -2.44. The first kappa shape index (κ1) is 20.3. The largest absolute Gasteiger partial charge is 0.369 e. The number of nitrogens with zero attached hydrogens (tertiary/aromatic N) is 4. The summed E-state index contributed by atoms with van der Waals surface area (Å²) in [6, 6.07) is 13.9. The number of carbonyl (C=O) groups is 1. The number of nitrogens with one attached hydrogen (secondary N) is 1. The summed E-state index contributed by atoms with van der Waals surface area (Å²) in [4.78, 5) is 25.2. The van der Waals surface area contributed by atoms with Gasteiger partial charge >= 0.3 is 0 Å². The molecule has 0 bridgehead atoms. The van der Waals surface area contributed by atoms with Gasteiger partial charge in [-0.25, -0.2) is 9.97 Å². The van der Waals surface area contributed by atoms with Crippen LogP contribution in [-0.4, -0.2) is 54.0 Å². The van der Waals surface area contributed by atoms with E-state index in [1.54, 1.807) is 6.92 Å². The summed E-state index contributed by atoms with van der Waals surface area (Å²) in [5, 5.41) is 3.60. The number of rotatable bonds is 4. The third-order valence-corrected chi connectivity index (χ3v) is 5.49. The van der Waals surface area contributed by atoms with Gasteiger partial charge in [-0.2, -0.15) is 0 Å². The summed E-state index contributed by atoms with van der Waals surface area (Å²) < 4.78 is 0. The van der Waals surface area contributed by atoms with E-state index in [1.807, 2.05) is 36.4 Å². The second kappa shape index (κ2) is 8.81. The van der Waals surface area contributed by atoms with Crippen LogP contribution < -0.4 is 10.2 Å². The van der Waals surface area contributed by atoms with Gasteiger partial charge in [0.15, 0.2) is 0 Å². The molecule has 3 aromatic rings. The zero-order valence-electron chi connectivity index (χ0n) is 17.1. The Labute approximate surface area is 181 Å². The number of hydrogen-bond acceptors (Lipinski definition) is 5. The van der Waals surface area contributed by atoms with Crippen molar-refractivity contribution in [3.05, 3.63) is 71.3 Å². The summed E-state index contributed by atoms with van der Waals surface area (Å²) in [5.41, 5.74) is 4.38. The van der Waals surface area contributed by atoms with Crippen molar-refractivity contribution in [3.8, 4) is 11.1 Å². The normalized spacial score (nSPS) is 14.6. The maximum atomic E-state index is 12.4. The van der Waals surface area contributed by atoms with Gasteiger partial charge in [-0.15, -0.1) is 0 Å². The van der Waals surface area contributed by atoms with Crippen molar-refractivity contribution in [2.45, 2.75) is 6.92 Å². The minimum Gasteiger partial charge on any atom is -0.369 e. The molecule has 1 fully saturated rings. The summed E-state index contributed by atoms with van der Waals surface area (Å²) in [6.07, 6.45) is 3.05. The fraction of sp³-hybridized carbons (Fsp3) is 0.261. The Morgan fingerprint density at radius 2 is 1.63 bits per heavy atom. The fourth-order valence-corrected chi connectivity index (χ4v) is 3.68. The summed E-state index contributed by atoms with van der Waals surface area (Å²) in [6.45, 7) is 5.85. The van der Waals surface area contributed by atoms with Gasteiger partial charge in [0.2, 0.25) is 0 Å². The molecule has 0 radical (unpaired) electrons. The molecule has 30 heavy (non-hydrogen) atoms. The van der Waals surface area contributed by atoms with Crippen LogP contribution in [0, 0.1) is 6.92 Å². The van der Waals surface area contributed by atoms with Crippen molar-refractivity contribution < 1.29 is 4.79 Å². The van der Waals surface area contributed by atoms with E-state index in [4.69, 9.17) is 11.6 Å². The Morgan fingerprint density at radius 3 is 2.30 bits per heavy atom. The predicted octanol–water partition coefficient (Wildman–Crippen LogP) is 4.11. The van der Waals surface area contributed by atoms with Crippen LogP contribution >= 0.6 is 11.6 Å². The number of aryl methyl sites for hydroxylation is 1. The topological polar surface area (TPSA) is 61.4 Å². The molecule has 0 aliphatic carbocycles. The molecule has 6 nitrogen and oxygen atoms in total. The van der Waals surface area contributed by atoms with Crippen LogP contribution in [0.1, 0.15) is 16.2 Å². The Kier molecular flexibility index (Phi) is 5.97. The zero-order chi connectivity index (χ0) is 21.1. The quantitative estimate of drug-likeness (QED) is 0.686. The molecule has 0 unspecified atom stereocenters. The first-order chi connectivity index (χ1) is 14.5. The molecule has 154 valence electrons. The Bertz CT molecular complexity index is 1030. The van der Waals surface area contributed by atoms with Crippen LogP contribution in [0.3, 0.4) is 0 Å². The number of amides is 1. The number of benzene rings is 2. The lowest BCUT2D eigenvalue weighted by atomic mass is 10.0. The van der Waals surface area contributed by atoms with Crippen LogP contribution in [0.25, 0.3) is 11.1 Å². The van der Waals surface area contributed by atoms with E-state index < -0.39 is 0 Å². The van der Waals surface area contributed by atoms with E-state index in [0.29, 0.717) is 17.1 Å². The Morgan fingerprint density at radius 1 is 0.967 bits per heavy atom. The number of halogens is 1. The van der Waals surface area contributed by atoms with Gasteiger partial charge in [0, 0.05) is 55.0 Å². The summed E-state index contributed by atoms with van der Waals surface area (Å²) in [7, 11) is 2.15. The average molecular weight is 422 g/mol. The fourth-order valence-electron chi connectivity index (χ4n) is 3.45. The Balaban J connectivity index is 1.49.